The Bertz CT molecular complexity index is 742. The van der Waals surface area contributed by atoms with Crippen LogP contribution in [0.25, 0.3) is 0 Å². The predicted molar refractivity (Wildman–Crippen MR) is 100 cm³/mol. The molecule has 0 aromatic carbocycles. The molecule has 0 saturated carbocycles. The highest BCUT2D eigenvalue weighted by atomic mass is 16.2. The Balaban J connectivity index is 1.82. The van der Waals surface area contributed by atoms with Gasteiger partial charge < -0.3 is 14.7 Å². The molecule has 148 valence electrons. The Hall–Kier alpha value is -2.38. The molecule has 3 rings (SSSR count). The van der Waals surface area contributed by atoms with Crippen LogP contribution in [0.1, 0.15) is 43.2 Å². The monoisotopic (exact) mass is 375 g/mol. The van der Waals surface area contributed by atoms with Crippen LogP contribution >= 0.6 is 0 Å². The van der Waals surface area contributed by atoms with Gasteiger partial charge in [-0.2, -0.15) is 5.10 Å². The number of fused-ring (bicyclic) bond motifs is 1. The number of aromatic nitrogens is 2. The van der Waals surface area contributed by atoms with Crippen molar-refractivity contribution >= 4 is 17.7 Å². The van der Waals surface area contributed by atoms with E-state index >= 15 is 0 Å². The van der Waals surface area contributed by atoms with E-state index in [2.05, 4.69) is 5.10 Å². The molecule has 0 bridgehead atoms. The van der Waals surface area contributed by atoms with Crippen LogP contribution in [0.2, 0.25) is 0 Å². The minimum Gasteiger partial charge on any atom is -0.336 e. The third-order valence-electron chi connectivity index (χ3n) is 5.35. The van der Waals surface area contributed by atoms with E-state index in [0.717, 1.165) is 5.69 Å². The lowest BCUT2D eigenvalue weighted by molar-refractivity contribution is -0.156. The number of piperazine rings is 1. The standard InChI is InChI=1S/C19H29N5O3/c1-5-24-14(4)15(9-20-24)18(26)21-7-6-8-23-16(11-21)19(27)22(10-13(2)3)12-17(23)25/h9,13,16H,5-8,10-12H2,1-4H3. The summed E-state index contributed by atoms with van der Waals surface area (Å²) in [6.07, 6.45) is 2.27. The van der Waals surface area contributed by atoms with E-state index in [0.29, 0.717) is 44.1 Å². The summed E-state index contributed by atoms with van der Waals surface area (Å²) in [5, 5.41) is 4.26. The summed E-state index contributed by atoms with van der Waals surface area (Å²) < 4.78 is 1.79. The zero-order chi connectivity index (χ0) is 19.7. The smallest absolute Gasteiger partial charge is 0.257 e. The molecule has 0 spiro atoms. The predicted octanol–water partition coefficient (Wildman–Crippen LogP) is 0.753. The van der Waals surface area contributed by atoms with Crippen molar-refractivity contribution in [2.24, 2.45) is 5.92 Å². The number of rotatable bonds is 4. The summed E-state index contributed by atoms with van der Waals surface area (Å²) in [5.74, 6) is 0.100. The molecule has 27 heavy (non-hydrogen) atoms. The van der Waals surface area contributed by atoms with Gasteiger partial charge in [-0.25, -0.2) is 0 Å². The van der Waals surface area contributed by atoms with Crippen molar-refractivity contribution < 1.29 is 14.4 Å². The molecule has 0 N–H and O–H groups in total. The molecule has 2 aliphatic rings. The largest absolute Gasteiger partial charge is 0.336 e. The van der Waals surface area contributed by atoms with Crippen molar-refractivity contribution in [3.8, 4) is 0 Å². The van der Waals surface area contributed by atoms with Gasteiger partial charge in [-0.05, 0) is 26.2 Å². The number of nitrogens with zero attached hydrogens (tertiary/aromatic N) is 5. The average Bonchev–Trinajstić information content (AvgIpc) is 2.85. The molecule has 1 aromatic heterocycles. The van der Waals surface area contributed by atoms with Crippen LogP contribution < -0.4 is 0 Å². The molecular weight excluding hydrogens is 346 g/mol. The van der Waals surface area contributed by atoms with E-state index in [1.165, 1.54) is 0 Å². The summed E-state index contributed by atoms with van der Waals surface area (Å²) in [6, 6.07) is -0.585. The molecule has 0 aliphatic carbocycles. The molecule has 8 heteroatoms. The molecule has 2 aliphatic heterocycles. The topological polar surface area (TPSA) is 78.8 Å². The third-order valence-corrected chi connectivity index (χ3v) is 5.35. The fourth-order valence-electron chi connectivity index (χ4n) is 3.96. The van der Waals surface area contributed by atoms with E-state index in [4.69, 9.17) is 0 Å². The van der Waals surface area contributed by atoms with Gasteiger partial charge in [0, 0.05) is 31.9 Å². The van der Waals surface area contributed by atoms with Crippen molar-refractivity contribution in [2.75, 3.05) is 32.7 Å². The van der Waals surface area contributed by atoms with Gasteiger partial charge in [0.15, 0.2) is 0 Å². The van der Waals surface area contributed by atoms with E-state index in [-0.39, 0.29) is 30.8 Å². The van der Waals surface area contributed by atoms with Crippen LogP contribution in [0, 0.1) is 12.8 Å². The molecule has 1 unspecified atom stereocenters. The van der Waals surface area contributed by atoms with Gasteiger partial charge >= 0.3 is 0 Å². The first-order valence-electron chi connectivity index (χ1n) is 9.73. The van der Waals surface area contributed by atoms with Crippen LogP contribution in [0.3, 0.4) is 0 Å². The van der Waals surface area contributed by atoms with Crippen LogP contribution in [0.15, 0.2) is 6.20 Å². The van der Waals surface area contributed by atoms with Crippen LogP contribution in [-0.4, -0.2) is 81.0 Å². The second kappa shape index (κ2) is 7.70. The fourth-order valence-corrected chi connectivity index (χ4v) is 3.96. The van der Waals surface area contributed by atoms with E-state index in [1.807, 2.05) is 27.7 Å². The Morgan fingerprint density at radius 2 is 2.04 bits per heavy atom. The normalized spacial score (nSPS) is 20.9. The van der Waals surface area contributed by atoms with Gasteiger partial charge in [0.1, 0.15) is 6.04 Å². The van der Waals surface area contributed by atoms with Gasteiger partial charge in [-0.1, -0.05) is 13.8 Å². The SMILES string of the molecule is CCn1ncc(C(=O)N2CCCN3C(=O)CN(CC(C)C)C(=O)C3C2)c1C. The highest BCUT2D eigenvalue weighted by Crippen LogP contribution is 2.21. The first-order chi connectivity index (χ1) is 12.8. The maximum Gasteiger partial charge on any atom is 0.257 e. The molecule has 3 heterocycles. The van der Waals surface area contributed by atoms with Crippen molar-refractivity contribution in [2.45, 2.75) is 46.7 Å². The number of hydrogen-bond donors (Lipinski definition) is 0. The maximum absolute atomic E-state index is 13.1. The van der Waals surface area contributed by atoms with Crippen LogP contribution in [0.5, 0.6) is 0 Å². The first kappa shape index (κ1) is 19.4. The Morgan fingerprint density at radius 1 is 1.30 bits per heavy atom. The second-order valence-electron chi connectivity index (χ2n) is 7.78. The first-order valence-corrected chi connectivity index (χ1v) is 9.73. The van der Waals surface area contributed by atoms with Crippen molar-refractivity contribution in [1.29, 1.82) is 0 Å². The Labute approximate surface area is 160 Å². The van der Waals surface area contributed by atoms with Crippen molar-refractivity contribution in [3.05, 3.63) is 17.5 Å². The molecule has 3 amide bonds. The summed E-state index contributed by atoms with van der Waals surface area (Å²) in [5.41, 5.74) is 1.40. The van der Waals surface area contributed by atoms with Gasteiger partial charge in [-0.3, -0.25) is 19.1 Å². The number of carbonyl (C=O) groups excluding carboxylic acids is 3. The number of hydrogen-bond acceptors (Lipinski definition) is 4. The molecule has 2 fully saturated rings. The average molecular weight is 375 g/mol. The van der Waals surface area contributed by atoms with Crippen LogP contribution in [-0.2, 0) is 16.1 Å². The van der Waals surface area contributed by atoms with E-state index < -0.39 is 6.04 Å². The Morgan fingerprint density at radius 3 is 2.67 bits per heavy atom. The van der Waals surface area contributed by atoms with Crippen LogP contribution in [0.4, 0.5) is 0 Å². The van der Waals surface area contributed by atoms with Gasteiger partial charge in [-0.15, -0.1) is 0 Å². The molecule has 0 radical (unpaired) electrons. The van der Waals surface area contributed by atoms with Gasteiger partial charge in [0.05, 0.1) is 24.8 Å². The van der Waals surface area contributed by atoms with E-state index in [1.54, 1.807) is 25.6 Å². The van der Waals surface area contributed by atoms with Gasteiger partial charge in [0.25, 0.3) is 5.91 Å². The third kappa shape index (κ3) is 3.70. The van der Waals surface area contributed by atoms with Gasteiger partial charge in [0.2, 0.25) is 11.8 Å². The maximum atomic E-state index is 13.1. The lowest BCUT2D eigenvalue weighted by Gasteiger charge is -2.40. The zero-order valence-electron chi connectivity index (χ0n) is 16.6. The minimum absolute atomic E-state index is 0.0236. The number of aryl methyl sites for hydroxylation is 1. The lowest BCUT2D eigenvalue weighted by Crippen LogP contribution is -2.62. The lowest BCUT2D eigenvalue weighted by atomic mass is 10.1. The minimum atomic E-state index is -0.585. The fraction of sp³-hybridized carbons (Fsp3) is 0.684. The molecule has 2 saturated heterocycles. The van der Waals surface area contributed by atoms with Crippen molar-refractivity contribution in [1.82, 2.24) is 24.5 Å². The molecular formula is C19H29N5O3. The second-order valence-corrected chi connectivity index (χ2v) is 7.78. The zero-order valence-corrected chi connectivity index (χ0v) is 16.6. The summed E-state index contributed by atoms with van der Waals surface area (Å²) >= 11 is 0. The quantitative estimate of drug-likeness (QED) is 0.778. The molecule has 1 atom stereocenters. The highest BCUT2D eigenvalue weighted by molar-refractivity contribution is 5.98. The highest BCUT2D eigenvalue weighted by Gasteiger charge is 2.42. The van der Waals surface area contributed by atoms with Crippen molar-refractivity contribution in [3.63, 3.8) is 0 Å². The summed E-state index contributed by atoms with van der Waals surface area (Å²) in [7, 11) is 0. The summed E-state index contributed by atoms with van der Waals surface area (Å²) in [6.45, 7) is 10.6. The summed E-state index contributed by atoms with van der Waals surface area (Å²) in [4.78, 5) is 43.6. The Kier molecular flexibility index (Phi) is 5.53. The molecule has 1 aromatic rings. The molecule has 8 nitrogen and oxygen atoms in total. The van der Waals surface area contributed by atoms with E-state index in [9.17, 15) is 14.4 Å². The number of carbonyl (C=O) groups is 3. The number of amides is 3.